The van der Waals surface area contributed by atoms with Gasteiger partial charge in [-0.15, -0.1) is 0 Å². The molecule has 0 radical (unpaired) electrons. The standard InChI is InChI=1S/C21H22ClFN4O3/c1-13-9-19(28)25-17-5-3-4-6-18(17)27(13)21(30)12-26(2)11-20(29)24-16-8-7-14(22)10-15(16)23/h3-8,10,13H,9,11-12H2,1-2H3,(H,24,29)(H,25,28)/t13-/m1/s1. The summed E-state index contributed by atoms with van der Waals surface area (Å²) in [5.74, 6) is -1.52. The summed E-state index contributed by atoms with van der Waals surface area (Å²) in [5.41, 5.74) is 1.20. The van der Waals surface area contributed by atoms with Crippen molar-refractivity contribution in [2.24, 2.45) is 0 Å². The van der Waals surface area contributed by atoms with E-state index in [1.807, 2.05) is 0 Å². The van der Waals surface area contributed by atoms with Crippen LogP contribution in [0.3, 0.4) is 0 Å². The number of hydrogen-bond acceptors (Lipinski definition) is 4. The molecule has 0 spiro atoms. The van der Waals surface area contributed by atoms with E-state index in [-0.39, 0.29) is 48.1 Å². The predicted molar refractivity (Wildman–Crippen MR) is 114 cm³/mol. The van der Waals surface area contributed by atoms with Gasteiger partial charge in [0.15, 0.2) is 0 Å². The first-order chi connectivity index (χ1) is 14.2. The number of amides is 3. The second-order valence-corrected chi connectivity index (χ2v) is 7.66. The molecule has 3 rings (SSSR count). The second kappa shape index (κ2) is 9.23. The lowest BCUT2D eigenvalue weighted by Gasteiger charge is -2.29. The van der Waals surface area contributed by atoms with Gasteiger partial charge in [-0.2, -0.15) is 0 Å². The molecule has 0 unspecified atom stereocenters. The highest BCUT2D eigenvalue weighted by Crippen LogP contribution is 2.31. The minimum absolute atomic E-state index is 0.0174. The summed E-state index contributed by atoms with van der Waals surface area (Å²) in [7, 11) is 1.62. The Balaban J connectivity index is 1.66. The maximum atomic E-state index is 13.8. The molecule has 2 N–H and O–H groups in total. The monoisotopic (exact) mass is 432 g/mol. The molecule has 0 saturated heterocycles. The van der Waals surface area contributed by atoms with Crippen LogP contribution in [0.25, 0.3) is 0 Å². The van der Waals surface area contributed by atoms with Crippen molar-refractivity contribution in [2.75, 3.05) is 35.7 Å². The van der Waals surface area contributed by atoms with Crippen molar-refractivity contribution >= 4 is 46.4 Å². The van der Waals surface area contributed by atoms with Gasteiger partial charge in [-0.05, 0) is 44.3 Å². The fourth-order valence-corrected chi connectivity index (χ4v) is 3.52. The Kier molecular flexibility index (Phi) is 6.69. The molecule has 158 valence electrons. The predicted octanol–water partition coefficient (Wildman–Crippen LogP) is 3.11. The van der Waals surface area contributed by atoms with E-state index in [0.717, 1.165) is 6.07 Å². The fraction of sp³-hybridized carbons (Fsp3) is 0.286. The van der Waals surface area contributed by atoms with Gasteiger partial charge in [-0.25, -0.2) is 4.39 Å². The topological polar surface area (TPSA) is 81.8 Å². The van der Waals surface area contributed by atoms with Crippen LogP contribution in [-0.4, -0.2) is 48.8 Å². The van der Waals surface area contributed by atoms with Gasteiger partial charge in [-0.1, -0.05) is 23.7 Å². The number of rotatable bonds is 5. The Morgan fingerprint density at radius 1 is 1.27 bits per heavy atom. The zero-order valence-corrected chi connectivity index (χ0v) is 17.4. The van der Waals surface area contributed by atoms with Crippen molar-refractivity contribution < 1.29 is 18.8 Å². The van der Waals surface area contributed by atoms with Crippen LogP contribution < -0.4 is 15.5 Å². The molecular weight excluding hydrogens is 411 g/mol. The van der Waals surface area contributed by atoms with Gasteiger partial charge in [0.25, 0.3) is 0 Å². The van der Waals surface area contributed by atoms with Crippen molar-refractivity contribution in [1.29, 1.82) is 0 Å². The van der Waals surface area contributed by atoms with Gasteiger partial charge >= 0.3 is 0 Å². The summed E-state index contributed by atoms with van der Waals surface area (Å²) < 4.78 is 13.8. The quantitative estimate of drug-likeness (QED) is 0.760. The van der Waals surface area contributed by atoms with Gasteiger partial charge in [0, 0.05) is 17.5 Å². The highest BCUT2D eigenvalue weighted by atomic mass is 35.5. The molecule has 30 heavy (non-hydrogen) atoms. The fourth-order valence-electron chi connectivity index (χ4n) is 3.36. The average molecular weight is 433 g/mol. The maximum Gasteiger partial charge on any atom is 0.241 e. The first kappa shape index (κ1) is 21.7. The van der Waals surface area contributed by atoms with Crippen LogP contribution in [0.5, 0.6) is 0 Å². The number of para-hydroxylation sites is 2. The van der Waals surface area contributed by atoms with E-state index in [9.17, 15) is 18.8 Å². The largest absolute Gasteiger partial charge is 0.324 e. The van der Waals surface area contributed by atoms with Crippen LogP contribution >= 0.6 is 11.6 Å². The van der Waals surface area contributed by atoms with Crippen molar-refractivity contribution in [3.05, 3.63) is 53.3 Å². The number of fused-ring (bicyclic) bond motifs is 1. The molecule has 0 aromatic heterocycles. The van der Waals surface area contributed by atoms with Crippen LogP contribution in [0.1, 0.15) is 13.3 Å². The Labute approximate surface area is 178 Å². The Morgan fingerprint density at radius 2 is 2.00 bits per heavy atom. The third kappa shape index (κ3) is 5.14. The molecule has 0 aliphatic carbocycles. The number of halogens is 2. The summed E-state index contributed by atoms with van der Waals surface area (Å²) in [5, 5.41) is 5.50. The van der Waals surface area contributed by atoms with E-state index >= 15 is 0 Å². The highest BCUT2D eigenvalue weighted by Gasteiger charge is 2.30. The van der Waals surface area contributed by atoms with Crippen molar-refractivity contribution in [2.45, 2.75) is 19.4 Å². The highest BCUT2D eigenvalue weighted by molar-refractivity contribution is 6.30. The molecule has 1 heterocycles. The van der Waals surface area contributed by atoms with Crippen molar-refractivity contribution in [3.63, 3.8) is 0 Å². The van der Waals surface area contributed by atoms with Crippen molar-refractivity contribution in [1.82, 2.24) is 4.90 Å². The molecular formula is C21H22ClFN4O3. The van der Waals surface area contributed by atoms with E-state index in [2.05, 4.69) is 10.6 Å². The lowest BCUT2D eigenvalue weighted by Crippen LogP contribution is -2.45. The van der Waals surface area contributed by atoms with Gasteiger partial charge in [0.1, 0.15) is 5.82 Å². The number of nitrogens with zero attached hydrogens (tertiary/aromatic N) is 2. The van der Waals surface area contributed by atoms with Crippen molar-refractivity contribution in [3.8, 4) is 0 Å². The summed E-state index contributed by atoms with van der Waals surface area (Å²) in [4.78, 5) is 40.4. The molecule has 0 fully saturated rings. The number of anilines is 3. The Bertz CT molecular complexity index is 984. The lowest BCUT2D eigenvalue weighted by molar-refractivity contribution is -0.121. The molecule has 1 aliphatic heterocycles. The minimum Gasteiger partial charge on any atom is -0.324 e. The summed E-state index contributed by atoms with van der Waals surface area (Å²) in [6.07, 6.45) is 0.167. The molecule has 0 saturated carbocycles. The Morgan fingerprint density at radius 3 is 2.73 bits per heavy atom. The van der Waals surface area contributed by atoms with Gasteiger partial charge in [0.2, 0.25) is 17.7 Å². The molecule has 0 bridgehead atoms. The molecule has 9 heteroatoms. The van der Waals surface area contributed by atoms with Gasteiger partial charge in [-0.3, -0.25) is 19.3 Å². The minimum atomic E-state index is -0.637. The number of likely N-dealkylation sites (N-methyl/N-ethyl adjacent to an activating group) is 1. The van der Waals surface area contributed by atoms with Crippen LogP contribution in [-0.2, 0) is 14.4 Å². The molecule has 2 aromatic carbocycles. The number of benzene rings is 2. The summed E-state index contributed by atoms with van der Waals surface area (Å²) >= 11 is 5.71. The normalized spacial score (nSPS) is 16.0. The molecule has 1 aliphatic rings. The average Bonchev–Trinajstić information content (AvgIpc) is 2.77. The third-order valence-electron chi connectivity index (χ3n) is 4.65. The molecule has 3 amide bonds. The van der Waals surface area contributed by atoms with E-state index in [4.69, 9.17) is 11.6 Å². The van der Waals surface area contributed by atoms with Gasteiger partial charge < -0.3 is 15.5 Å². The molecule has 1 atom stereocenters. The Hall–Kier alpha value is -2.97. The van der Waals surface area contributed by atoms with E-state index in [1.165, 1.54) is 17.0 Å². The van der Waals surface area contributed by atoms with Crippen LogP contribution in [0.2, 0.25) is 5.02 Å². The van der Waals surface area contributed by atoms with Crippen LogP contribution in [0.4, 0.5) is 21.5 Å². The lowest BCUT2D eigenvalue weighted by atomic mass is 10.1. The zero-order valence-electron chi connectivity index (χ0n) is 16.6. The van der Waals surface area contributed by atoms with E-state index in [0.29, 0.717) is 11.4 Å². The summed E-state index contributed by atoms with van der Waals surface area (Å²) in [6, 6.07) is 10.7. The SMILES string of the molecule is C[C@@H]1CC(=O)Nc2ccccc2N1C(=O)CN(C)CC(=O)Nc1ccc(Cl)cc1F. The van der Waals surface area contributed by atoms with Crippen LogP contribution in [0.15, 0.2) is 42.5 Å². The van der Waals surface area contributed by atoms with Gasteiger partial charge in [0.05, 0.1) is 30.2 Å². The molecule has 2 aromatic rings. The first-order valence-electron chi connectivity index (χ1n) is 9.39. The summed E-state index contributed by atoms with van der Waals surface area (Å²) in [6.45, 7) is 1.63. The zero-order chi connectivity index (χ0) is 21.8. The second-order valence-electron chi connectivity index (χ2n) is 7.23. The van der Waals surface area contributed by atoms with Crippen LogP contribution in [0, 0.1) is 5.82 Å². The number of carbonyl (C=O) groups excluding carboxylic acids is 3. The smallest absolute Gasteiger partial charge is 0.241 e. The number of nitrogens with one attached hydrogen (secondary N) is 2. The number of hydrogen-bond donors (Lipinski definition) is 2. The first-order valence-corrected chi connectivity index (χ1v) is 9.77. The third-order valence-corrected chi connectivity index (χ3v) is 4.89. The maximum absolute atomic E-state index is 13.8. The van der Waals surface area contributed by atoms with E-state index < -0.39 is 11.7 Å². The number of carbonyl (C=O) groups is 3. The van der Waals surface area contributed by atoms with E-state index in [1.54, 1.807) is 43.1 Å². The molecule has 7 nitrogen and oxygen atoms in total.